The minimum atomic E-state index is 0.861. The number of nitrogens with two attached hydrogens (primary N) is 1. The molecule has 0 spiro atoms. The standard InChI is InChI=1S/C16H26N2/c1-2-18(16-7-3-4-8-16)13-5-6-14-9-11-15(17)12-10-14/h9-12,16H,2-8,13,17H2,1H3. The first-order chi connectivity index (χ1) is 8.79. The van der Waals surface area contributed by atoms with Crippen LogP contribution in [-0.2, 0) is 6.42 Å². The SMILES string of the molecule is CCN(CCCc1ccc(N)cc1)C1CCCC1. The maximum absolute atomic E-state index is 5.70. The average Bonchev–Trinajstić information content (AvgIpc) is 2.91. The Balaban J connectivity index is 1.74. The van der Waals surface area contributed by atoms with E-state index in [4.69, 9.17) is 5.73 Å². The molecule has 100 valence electrons. The summed E-state index contributed by atoms with van der Waals surface area (Å²) in [6.45, 7) is 4.74. The molecular formula is C16H26N2. The van der Waals surface area contributed by atoms with Crippen molar-refractivity contribution in [3.05, 3.63) is 29.8 Å². The zero-order valence-corrected chi connectivity index (χ0v) is 11.6. The van der Waals surface area contributed by atoms with Crippen molar-refractivity contribution in [3.8, 4) is 0 Å². The Morgan fingerprint density at radius 3 is 2.44 bits per heavy atom. The summed E-state index contributed by atoms with van der Waals surface area (Å²) in [4.78, 5) is 2.67. The molecule has 1 aliphatic rings. The average molecular weight is 246 g/mol. The maximum Gasteiger partial charge on any atom is 0.0314 e. The minimum Gasteiger partial charge on any atom is -0.399 e. The van der Waals surface area contributed by atoms with Gasteiger partial charge in [0.15, 0.2) is 0 Å². The molecule has 1 aromatic carbocycles. The second-order valence-electron chi connectivity index (χ2n) is 5.41. The molecule has 2 N–H and O–H groups in total. The van der Waals surface area contributed by atoms with E-state index < -0.39 is 0 Å². The fourth-order valence-corrected chi connectivity index (χ4v) is 3.04. The quantitative estimate of drug-likeness (QED) is 0.779. The van der Waals surface area contributed by atoms with Gasteiger partial charge in [-0.25, -0.2) is 0 Å². The molecule has 2 nitrogen and oxygen atoms in total. The monoisotopic (exact) mass is 246 g/mol. The van der Waals surface area contributed by atoms with E-state index in [1.165, 1.54) is 57.2 Å². The van der Waals surface area contributed by atoms with Crippen molar-refractivity contribution in [2.24, 2.45) is 0 Å². The van der Waals surface area contributed by atoms with Crippen LogP contribution in [0.4, 0.5) is 5.69 Å². The number of aryl methyl sites for hydroxylation is 1. The van der Waals surface area contributed by atoms with Crippen LogP contribution < -0.4 is 5.73 Å². The highest BCUT2D eigenvalue weighted by Crippen LogP contribution is 2.23. The van der Waals surface area contributed by atoms with Crippen molar-refractivity contribution in [2.75, 3.05) is 18.8 Å². The van der Waals surface area contributed by atoms with Crippen molar-refractivity contribution in [1.29, 1.82) is 0 Å². The van der Waals surface area contributed by atoms with E-state index in [1.807, 2.05) is 12.1 Å². The number of hydrogen-bond acceptors (Lipinski definition) is 2. The van der Waals surface area contributed by atoms with Crippen LogP contribution in [0.25, 0.3) is 0 Å². The van der Waals surface area contributed by atoms with Gasteiger partial charge in [0, 0.05) is 11.7 Å². The van der Waals surface area contributed by atoms with Crippen molar-refractivity contribution in [2.45, 2.75) is 51.5 Å². The maximum atomic E-state index is 5.70. The molecule has 1 saturated carbocycles. The van der Waals surface area contributed by atoms with Crippen molar-refractivity contribution >= 4 is 5.69 Å². The number of anilines is 1. The molecule has 18 heavy (non-hydrogen) atoms. The van der Waals surface area contributed by atoms with Gasteiger partial charge >= 0.3 is 0 Å². The predicted molar refractivity (Wildman–Crippen MR) is 78.7 cm³/mol. The van der Waals surface area contributed by atoms with Crippen LogP contribution in [0.5, 0.6) is 0 Å². The van der Waals surface area contributed by atoms with E-state index >= 15 is 0 Å². The van der Waals surface area contributed by atoms with Gasteiger partial charge in [-0.15, -0.1) is 0 Å². The van der Waals surface area contributed by atoms with Crippen LogP contribution in [0.15, 0.2) is 24.3 Å². The first-order valence-electron chi connectivity index (χ1n) is 7.38. The van der Waals surface area contributed by atoms with Crippen LogP contribution in [-0.4, -0.2) is 24.0 Å². The molecule has 1 aromatic rings. The lowest BCUT2D eigenvalue weighted by molar-refractivity contribution is 0.206. The summed E-state index contributed by atoms with van der Waals surface area (Å²) < 4.78 is 0. The highest BCUT2D eigenvalue weighted by Gasteiger charge is 2.20. The first-order valence-corrected chi connectivity index (χ1v) is 7.38. The van der Waals surface area contributed by atoms with E-state index in [0.29, 0.717) is 0 Å². The molecule has 2 heteroatoms. The van der Waals surface area contributed by atoms with Gasteiger partial charge < -0.3 is 10.6 Å². The minimum absolute atomic E-state index is 0.861. The van der Waals surface area contributed by atoms with Crippen LogP contribution in [0, 0.1) is 0 Å². The Labute approximate surface area is 111 Å². The fraction of sp³-hybridized carbons (Fsp3) is 0.625. The largest absolute Gasteiger partial charge is 0.399 e. The Bertz CT molecular complexity index is 339. The molecule has 0 radical (unpaired) electrons. The summed E-state index contributed by atoms with van der Waals surface area (Å²) in [5.74, 6) is 0. The Hall–Kier alpha value is -1.02. The van der Waals surface area contributed by atoms with E-state index in [1.54, 1.807) is 0 Å². The van der Waals surface area contributed by atoms with Crippen molar-refractivity contribution in [1.82, 2.24) is 4.90 Å². The number of nitrogens with zero attached hydrogens (tertiary/aromatic N) is 1. The van der Waals surface area contributed by atoms with E-state index in [0.717, 1.165) is 11.7 Å². The number of benzene rings is 1. The molecular weight excluding hydrogens is 220 g/mol. The molecule has 1 fully saturated rings. The van der Waals surface area contributed by atoms with Gasteiger partial charge in [-0.3, -0.25) is 0 Å². The van der Waals surface area contributed by atoms with Crippen molar-refractivity contribution < 1.29 is 0 Å². The third-order valence-corrected chi connectivity index (χ3v) is 4.14. The molecule has 0 aromatic heterocycles. The number of nitrogen functional groups attached to an aromatic ring is 1. The molecule has 0 heterocycles. The Morgan fingerprint density at radius 2 is 1.83 bits per heavy atom. The molecule has 0 atom stereocenters. The van der Waals surface area contributed by atoms with Crippen LogP contribution in [0.2, 0.25) is 0 Å². The lowest BCUT2D eigenvalue weighted by Gasteiger charge is -2.27. The summed E-state index contributed by atoms with van der Waals surface area (Å²) in [5.41, 5.74) is 7.97. The second kappa shape index (κ2) is 6.79. The van der Waals surface area contributed by atoms with E-state index in [-0.39, 0.29) is 0 Å². The van der Waals surface area contributed by atoms with Gasteiger partial charge in [0.05, 0.1) is 0 Å². The molecule has 0 amide bonds. The molecule has 2 rings (SSSR count). The van der Waals surface area contributed by atoms with Crippen LogP contribution in [0.1, 0.15) is 44.6 Å². The van der Waals surface area contributed by atoms with Gasteiger partial charge in [-0.2, -0.15) is 0 Å². The van der Waals surface area contributed by atoms with Gasteiger partial charge in [-0.05, 0) is 56.5 Å². The van der Waals surface area contributed by atoms with E-state index in [2.05, 4.69) is 24.0 Å². The predicted octanol–water partition coefficient (Wildman–Crippen LogP) is 3.47. The van der Waals surface area contributed by atoms with Crippen LogP contribution in [0.3, 0.4) is 0 Å². The molecule has 0 bridgehead atoms. The Kier molecular flexibility index (Phi) is 5.06. The number of rotatable bonds is 6. The van der Waals surface area contributed by atoms with Gasteiger partial charge in [0.25, 0.3) is 0 Å². The van der Waals surface area contributed by atoms with E-state index in [9.17, 15) is 0 Å². The molecule has 0 aliphatic heterocycles. The summed E-state index contributed by atoms with van der Waals surface area (Å²) in [7, 11) is 0. The van der Waals surface area contributed by atoms with Gasteiger partial charge in [-0.1, -0.05) is 31.9 Å². The number of hydrogen-bond donors (Lipinski definition) is 1. The van der Waals surface area contributed by atoms with Crippen molar-refractivity contribution in [3.63, 3.8) is 0 Å². The smallest absolute Gasteiger partial charge is 0.0314 e. The van der Waals surface area contributed by atoms with Gasteiger partial charge in [0.2, 0.25) is 0 Å². The summed E-state index contributed by atoms with van der Waals surface area (Å²) in [5, 5.41) is 0. The van der Waals surface area contributed by atoms with Gasteiger partial charge in [0.1, 0.15) is 0 Å². The lowest BCUT2D eigenvalue weighted by atomic mass is 10.1. The third kappa shape index (κ3) is 3.74. The summed E-state index contributed by atoms with van der Waals surface area (Å²) in [6.07, 6.45) is 8.11. The zero-order chi connectivity index (χ0) is 12.8. The third-order valence-electron chi connectivity index (χ3n) is 4.14. The van der Waals surface area contributed by atoms with Crippen LogP contribution >= 0.6 is 0 Å². The second-order valence-corrected chi connectivity index (χ2v) is 5.41. The Morgan fingerprint density at radius 1 is 1.17 bits per heavy atom. The molecule has 0 unspecified atom stereocenters. The normalized spacial score (nSPS) is 16.6. The topological polar surface area (TPSA) is 29.3 Å². The fourth-order valence-electron chi connectivity index (χ4n) is 3.04. The zero-order valence-electron chi connectivity index (χ0n) is 11.6. The lowest BCUT2D eigenvalue weighted by Crippen LogP contribution is -2.34. The summed E-state index contributed by atoms with van der Waals surface area (Å²) >= 11 is 0. The highest BCUT2D eigenvalue weighted by molar-refractivity contribution is 5.39. The highest BCUT2D eigenvalue weighted by atomic mass is 15.1. The molecule has 1 aliphatic carbocycles. The molecule has 0 saturated heterocycles. The summed E-state index contributed by atoms with van der Waals surface area (Å²) in [6, 6.07) is 9.18. The first kappa shape index (κ1) is 13.4.